The van der Waals surface area contributed by atoms with Gasteiger partial charge >= 0.3 is 0 Å². The van der Waals surface area contributed by atoms with Crippen LogP contribution in [0.2, 0.25) is 0 Å². The van der Waals surface area contributed by atoms with Crippen molar-refractivity contribution in [2.24, 2.45) is 0 Å². The van der Waals surface area contributed by atoms with Gasteiger partial charge in [-0.2, -0.15) is 11.8 Å². The van der Waals surface area contributed by atoms with Crippen molar-refractivity contribution in [3.05, 3.63) is 0 Å². The Balaban J connectivity index is 3.93. The summed E-state index contributed by atoms with van der Waals surface area (Å²) in [6, 6.07) is 0.729. The van der Waals surface area contributed by atoms with Crippen LogP contribution < -0.4 is 5.32 Å². The maximum Gasteiger partial charge on any atom is 0.0198 e. The van der Waals surface area contributed by atoms with Gasteiger partial charge in [0.2, 0.25) is 0 Å². The summed E-state index contributed by atoms with van der Waals surface area (Å²) in [5.74, 6) is 1.33. The molecule has 0 saturated heterocycles. The van der Waals surface area contributed by atoms with Gasteiger partial charge in [0.15, 0.2) is 0 Å². The lowest BCUT2D eigenvalue weighted by molar-refractivity contribution is 0.465. The quantitative estimate of drug-likeness (QED) is 0.569. The lowest BCUT2D eigenvalue weighted by atomic mass is 10.1. The standard InChI is InChI=1S/C13H29NS/c1-5-9-11-15-13(7-3)12(10-6-2)14-8-4/h12-14H,5-11H2,1-4H3. The molecular formula is C13H29NS. The van der Waals surface area contributed by atoms with Crippen LogP contribution in [0.5, 0.6) is 0 Å². The van der Waals surface area contributed by atoms with E-state index in [9.17, 15) is 0 Å². The highest BCUT2D eigenvalue weighted by molar-refractivity contribution is 7.99. The molecule has 0 spiro atoms. The zero-order valence-electron chi connectivity index (χ0n) is 11.0. The van der Waals surface area contributed by atoms with Crippen LogP contribution in [0.25, 0.3) is 0 Å². The summed E-state index contributed by atoms with van der Waals surface area (Å²) in [6.45, 7) is 10.2. The third kappa shape index (κ3) is 7.24. The van der Waals surface area contributed by atoms with Gasteiger partial charge < -0.3 is 5.32 Å². The van der Waals surface area contributed by atoms with Crippen LogP contribution in [0.1, 0.15) is 59.8 Å². The first kappa shape index (κ1) is 15.3. The molecule has 0 saturated carbocycles. The Labute approximate surface area is 101 Å². The third-order valence-electron chi connectivity index (χ3n) is 2.75. The summed E-state index contributed by atoms with van der Waals surface area (Å²) >= 11 is 2.17. The predicted molar refractivity (Wildman–Crippen MR) is 73.8 cm³/mol. The fourth-order valence-corrected chi connectivity index (χ4v) is 3.35. The Morgan fingerprint density at radius 2 is 1.80 bits per heavy atom. The highest BCUT2D eigenvalue weighted by Crippen LogP contribution is 2.22. The van der Waals surface area contributed by atoms with Gasteiger partial charge in [0.05, 0.1) is 0 Å². The average Bonchev–Trinajstić information content (AvgIpc) is 2.24. The van der Waals surface area contributed by atoms with Crippen molar-refractivity contribution >= 4 is 11.8 Å². The summed E-state index contributed by atoms with van der Waals surface area (Å²) in [5, 5.41) is 4.46. The first-order valence-corrected chi connectivity index (χ1v) is 7.69. The number of hydrogen-bond donors (Lipinski definition) is 1. The van der Waals surface area contributed by atoms with E-state index in [0.29, 0.717) is 0 Å². The van der Waals surface area contributed by atoms with Crippen molar-refractivity contribution in [2.45, 2.75) is 71.1 Å². The van der Waals surface area contributed by atoms with E-state index >= 15 is 0 Å². The van der Waals surface area contributed by atoms with Crippen molar-refractivity contribution in [1.29, 1.82) is 0 Å². The van der Waals surface area contributed by atoms with Gasteiger partial charge in [-0.1, -0.05) is 40.5 Å². The minimum Gasteiger partial charge on any atom is -0.313 e. The van der Waals surface area contributed by atoms with Crippen molar-refractivity contribution in [3.63, 3.8) is 0 Å². The number of hydrogen-bond acceptors (Lipinski definition) is 2. The summed E-state index contributed by atoms with van der Waals surface area (Å²) in [5.41, 5.74) is 0. The maximum absolute atomic E-state index is 3.64. The molecule has 0 radical (unpaired) electrons. The lowest BCUT2D eigenvalue weighted by Crippen LogP contribution is -2.37. The van der Waals surface area contributed by atoms with Gasteiger partial charge in [-0.05, 0) is 31.6 Å². The molecule has 0 aliphatic heterocycles. The molecule has 0 heterocycles. The van der Waals surface area contributed by atoms with Crippen LogP contribution in [0.15, 0.2) is 0 Å². The highest BCUT2D eigenvalue weighted by Gasteiger charge is 2.17. The van der Waals surface area contributed by atoms with E-state index in [0.717, 1.165) is 17.8 Å². The van der Waals surface area contributed by atoms with Crippen LogP contribution in [0.4, 0.5) is 0 Å². The fourth-order valence-electron chi connectivity index (χ4n) is 1.89. The minimum absolute atomic E-state index is 0.729. The minimum atomic E-state index is 0.729. The maximum atomic E-state index is 3.64. The van der Waals surface area contributed by atoms with E-state index < -0.39 is 0 Å². The monoisotopic (exact) mass is 231 g/mol. The van der Waals surface area contributed by atoms with E-state index in [4.69, 9.17) is 0 Å². The van der Waals surface area contributed by atoms with Crippen molar-refractivity contribution in [2.75, 3.05) is 12.3 Å². The number of nitrogens with one attached hydrogen (secondary N) is 1. The molecule has 0 fully saturated rings. The van der Waals surface area contributed by atoms with E-state index in [-0.39, 0.29) is 0 Å². The number of rotatable bonds is 10. The Bertz CT molecular complexity index is 122. The molecule has 1 N–H and O–H groups in total. The van der Waals surface area contributed by atoms with E-state index in [1.165, 1.54) is 37.9 Å². The van der Waals surface area contributed by atoms with Crippen LogP contribution in [0.3, 0.4) is 0 Å². The topological polar surface area (TPSA) is 12.0 Å². The van der Waals surface area contributed by atoms with Crippen LogP contribution in [-0.2, 0) is 0 Å². The summed E-state index contributed by atoms with van der Waals surface area (Å²) in [7, 11) is 0. The Hall–Kier alpha value is 0.310. The summed E-state index contributed by atoms with van der Waals surface area (Å²) in [6.07, 6.45) is 6.61. The molecule has 0 aromatic heterocycles. The molecule has 0 aliphatic rings. The van der Waals surface area contributed by atoms with Gasteiger partial charge in [-0.25, -0.2) is 0 Å². The Morgan fingerprint density at radius 3 is 2.27 bits per heavy atom. The molecule has 0 aliphatic carbocycles. The third-order valence-corrected chi connectivity index (χ3v) is 4.36. The van der Waals surface area contributed by atoms with Crippen LogP contribution >= 0.6 is 11.8 Å². The molecule has 92 valence electrons. The van der Waals surface area contributed by atoms with E-state index in [2.05, 4.69) is 44.8 Å². The van der Waals surface area contributed by atoms with Crippen molar-refractivity contribution in [1.82, 2.24) is 5.32 Å². The summed E-state index contributed by atoms with van der Waals surface area (Å²) < 4.78 is 0. The molecule has 0 bridgehead atoms. The van der Waals surface area contributed by atoms with E-state index in [1.54, 1.807) is 0 Å². The SMILES string of the molecule is CCCCSC(CC)C(CCC)NCC. The Kier molecular flexibility index (Phi) is 11.0. The van der Waals surface area contributed by atoms with Gasteiger partial charge in [0, 0.05) is 11.3 Å². The molecule has 2 unspecified atom stereocenters. The largest absolute Gasteiger partial charge is 0.313 e. The second kappa shape index (κ2) is 10.8. The molecule has 0 aromatic carbocycles. The molecule has 1 nitrogen and oxygen atoms in total. The first-order valence-electron chi connectivity index (χ1n) is 6.64. The molecule has 0 aromatic rings. The van der Waals surface area contributed by atoms with Crippen LogP contribution in [0, 0.1) is 0 Å². The zero-order chi connectivity index (χ0) is 11.5. The predicted octanol–water partition coefficient (Wildman–Crippen LogP) is 4.08. The molecular weight excluding hydrogens is 202 g/mol. The van der Waals surface area contributed by atoms with Gasteiger partial charge in [0.1, 0.15) is 0 Å². The van der Waals surface area contributed by atoms with Gasteiger partial charge in [-0.3, -0.25) is 0 Å². The second-order valence-electron chi connectivity index (χ2n) is 4.12. The molecule has 0 rings (SSSR count). The molecule has 2 heteroatoms. The Morgan fingerprint density at radius 1 is 1.07 bits per heavy atom. The second-order valence-corrected chi connectivity index (χ2v) is 5.47. The van der Waals surface area contributed by atoms with Gasteiger partial charge in [-0.15, -0.1) is 0 Å². The first-order chi connectivity index (χ1) is 7.29. The van der Waals surface area contributed by atoms with E-state index in [1.807, 2.05) is 0 Å². The molecule has 15 heavy (non-hydrogen) atoms. The normalized spacial score (nSPS) is 15.2. The fraction of sp³-hybridized carbons (Fsp3) is 1.00. The van der Waals surface area contributed by atoms with Crippen LogP contribution in [-0.4, -0.2) is 23.6 Å². The zero-order valence-corrected chi connectivity index (χ0v) is 11.8. The lowest BCUT2D eigenvalue weighted by Gasteiger charge is -2.26. The van der Waals surface area contributed by atoms with Crippen molar-refractivity contribution < 1.29 is 0 Å². The molecule has 2 atom stereocenters. The van der Waals surface area contributed by atoms with Crippen molar-refractivity contribution in [3.8, 4) is 0 Å². The summed E-state index contributed by atoms with van der Waals surface area (Å²) in [4.78, 5) is 0. The highest BCUT2D eigenvalue weighted by atomic mass is 32.2. The molecule has 0 amide bonds. The van der Waals surface area contributed by atoms with Gasteiger partial charge in [0.25, 0.3) is 0 Å². The average molecular weight is 231 g/mol. The number of unbranched alkanes of at least 4 members (excludes halogenated alkanes) is 1. The smallest absolute Gasteiger partial charge is 0.0198 e. The number of thioether (sulfide) groups is 1.